The van der Waals surface area contributed by atoms with Gasteiger partial charge in [-0.1, -0.05) is 79.4 Å². The van der Waals surface area contributed by atoms with Crippen molar-refractivity contribution >= 4 is 38.6 Å². The Labute approximate surface area is 232 Å². The number of ether oxygens (including phenoxy) is 1. The molecule has 39 heavy (non-hydrogen) atoms. The van der Waals surface area contributed by atoms with E-state index < -0.39 is 27.7 Å². The van der Waals surface area contributed by atoms with Gasteiger partial charge in [0, 0.05) is 23.4 Å². The summed E-state index contributed by atoms with van der Waals surface area (Å²) < 4.78 is 39.5. The molecule has 9 heteroatoms. The molecule has 0 aliphatic carbocycles. The normalized spacial score (nSPS) is 12.4. The van der Waals surface area contributed by atoms with E-state index in [1.807, 2.05) is 51.1 Å². The zero-order chi connectivity index (χ0) is 28.2. The molecule has 7 nitrogen and oxygen atoms in total. The summed E-state index contributed by atoms with van der Waals surface area (Å²) in [5.41, 5.74) is 2.84. The molecule has 204 valence electrons. The predicted octanol–water partition coefficient (Wildman–Crippen LogP) is 6.10. The Morgan fingerprint density at radius 2 is 1.74 bits per heavy atom. The number of nitrogens with one attached hydrogen (secondary N) is 1. The van der Waals surface area contributed by atoms with E-state index in [0.717, 1.165) is 23.1 Å². The number of sulfonamides is 1. The van der Waals surface area contributed by atoms with Crippen LogP contribution >= 0.6 is 11.6 Å². The number of carbonyl (C=O) groups is 1. The van der Waals surface area contributed by atoms with Gasteiger partial charge in [0.1, 0.15) is 11.6 Å². The maximum atomic E-state index is 13.2. The molecule has 1 atom stereocenters. The van der Waals surface area contributed by atoms with Crippen molar-refractivity contribution in [3.05, 3.63) is 104 Å². The fourth-order valence-electron chi connectivity index (χ4n) is 4.26. The number of halogens is 1. The maximum Gasteiger partial charge on any atom is 0.340 e. The summed E-state index contributed by atoms with van der Waals surface area (Å²) in [7, 11) is -3.97. The van der Waals surface area contributed by atoms with Crippen molar-refractivity contribution in [2.24, 2.45) is 0 Å². The minimum Gasteiger partial charge on any atom is -0.424 e. The second-order valence-electron chi connectivity index (χ2n) is 9.48. The Kier molecular flexibility index (Phi) is 8.90. The lowest BCUT2D eigenvalue weighted by molar-refractivity contribution is -0.136. The molecule has 3 aromatic carbocycles. The van der Waals surface area contributed by atoms with Crippen LogP contribution in [0.3, 0.4) is 0 Å². The minimum absolute atomic E-state index is 0.0245. The number of carbonyl (C=O) groups excluding carboxylic acids is 1. The third kappa shape index (κ3) is 6.76. The average molecular weight is 568 g/mol. The van der Waals surface area contributed by atoms with Crippen molar-refractivity contribution in [1.82, 2.24) is 4.72 Å². The van der Waals surface area contributed by atoms with Crippen molar-refractivity contribution in [3.63, 3.8) is 0 Å². The lowest BCUT2D eigenvalue weighted by Gasteiger charge is -2.18. The number of benzene rings is 3. The number of rotatable bonds is 10. The minimum atomic E-state index is -3.97. The number of aryl methyl sites for hydroxylation is 2. The number of fused-ring (bicyclic) bond motifs is 1. The van der Waals surface area contributed by atoms with E-state index in [9.17, 15) is 18.0 Å². The molecular weight excluding hydrogens is 538 g/mol. The molecule has 4 rings (SSSR count). The van der Waals surface area contributed by atoms with Crippen molar-refractivity contribution in [1.29, 1.82) is 0 Å². The lowest BCUT2D eigenvalue weighted by Crippen LogP contribution is -2.43. The van der Waals surface area contributed by atoms with Crippen LogP contribution < -0.4 is 15.1 Å². The van der Waals surface area contributed by atoms with Gasteiger partial charge in [-0.2, -0.15) is 4.72 Å². The van der Waals surface area contributed by atoms with E-state index in [2.05, 4.69) is 4.72 Å². The summed E-state index contributed by atoms with van der Waals surface area (Å²) in [5.74, 6) is -0.830. The van der Waals surface area contributed by atoms with Gasteiger partial charge in [0.25, 0.3) is 0 Å². The van der Waals surface area contributed by atoms with Crippen LogP contribution in [-0.4, -0.2) is 20.4 Å². The molecule has 0 saturated carbocycles. The summed E-state index contributed by atoms with van der Waals surface area (Å²) in [5, 5.41) is 0.752. The monoisotopic (exact) mass is 567 g/mol. The highest BCUT2D eigenvalue weighted by atomic mass is 35.5. The first-order chi connectivity index (χ1) is 18.6. The van der Waals surface area contributed by atoms with Gasteiger partial charge in [0.15, 0.2) is 5.75 Å². The van der Waals surface area contributed by atoms with Crippen LogP contribution in [-0.2, 0) is 21.2 Å². The van der Waals surface area contributed by atoms with Crippen LogP contribution in [0.5, 0.6) is 5.75 Å². The molecule has 0 amide bonds. The molecule has 0 fully saturated rings. The van der Waals surface area contributed by atoms with Gasteiger partial charge in [-0.05, 0) is 49.6 Å². The molecule has 0 aliphatic rings. The Morgan fingerprint density at radius 3 is 2.41 bits per heavy atom. The second kappa shape index (κ2) is 12.2. The molecular formula is C30H30ClNO6S. The van der Waals surface area contributed by atoms with Crippen LogP contribution in [0, 0.1) is 13.8 Å². The molecule has 1 heterocycles. The first kappa shape index (κ1) is 28.5. The third-order valence-electron chi connectivity index (χ3n) is 6.53. The van der Waals surface area contributed by atoms with Crippen LogP contribution in [0.1, 0.15) is 48.4 Å². The zero-order valence-corrected chi connectivity index (χ0v) is 23.6. The molecule has 0 saturated heterocycles. The first-order valence-electron chi connectivity index (χ1n) is 12.7. The number of hydrogen-bond acceptors (Lipinski definition) is 6. The standard InChI is InChI=1S/C30H30ClNO6S/c1-4-5-11-26(32-39(35,36)22-14-12-19(2)13-15-22)30(34)38-28-18-27-23(17-25(28)31)20(3)24(29(33)37-27)16-21-9-7-6-8-10-21/h6-10,12-15,17-18,26,32H,4-5,11,16H2,1-3H3/t26-/m1/s1. The smallest absolute Gasteiger partial charge is 0.340 e. The summed E-state index contributed by atoms with van der Waals surface area (Å²) in [6, 6.07) is 17.7. The lowest BCUT2D eigenvalue weighted by atomic mass is 9.99. The van der Waals surface area contributed by atoms with Gasteiger partial charge in [-0.15, -0.1) is 0 Å². The van der Waals surface area contributed by atoms with E-state index in [4.69, 9.17) is 20.8 Å². The highest BCUT2D eigenvalue weighted by Gasteiger charge is 2.28. The van der Waals surface area contributed by atoms with Crippen molar-refractivity contribution in [3.8, 4) is 5.75 Å². The molecule has 0 spiro atoms. The van der Waals surface area contributed by atoms with Crippen molar-refractivity contribution in [2.75, 3.05) is 0 Å². The van der Waals surface area contributed by atoms with Crippen LogP contribution in [0.2, 0.25) is 5.02 Å². The summed E-state index contributed by atoms with van der Waals surface area (Å²) in [4.78, 5) is 26.0. The Balaban J connectivity index is 1.61. The topological polar surface area (TPSA) is 103 Å². The Morgan fingerprint density at radius 1 is 1.05 bits per heavy atom. The maximum absolute atomic E-state index is 13.2. The van der Waals surface area contributed by atoms with Gasteiger partial charge >= 0.3 is 11.6 Å². The molecule has 0 radical (unpaired) electrons. The van der Waals surface area contributed by atoms with Crippen LogP contribution in [0.15, 0.2) is 80.8 Å². The highest BCUT2D eigenvalue weighted by Crippen LogP contribution is 2.33. The van der Waals surface area contributed by atoms with Crippen molar-refractivity contribution < 1.29 is 22.4 Å². The molecule has 4 aromatic rings. The fourth-order valence-corrected chi connectivity index (χ4v) is 5.68. The average Bonchev–Trinajstić information content (AvgIpc) is 2.91. The fraction of sp³-hybridized carbons (Fsp3) is 0.267. The van der Waals surface area contributed by atoms with E-state index >= 15 is 0 Å². The summed E-state index contributed by atoms with van der Waals surface area (Å²) in [6.45, 7) is 5.61. The van der Waals surface area contributed by atoms with Crippen LogP contribution in [0.25, 0.3) is 11.0 Å². The van der Waals surface area contributed by atoms with Gasteiger partial charge in [-0.3, -0.25) is 0 Å². The molecule has 0 aliphatic heterocycles. The number of hydrogen-bond donors (Lipinski definition) is 1. The molecule has 1 N–H and O–H groups in total. The van der Waals surface area contributed by atoms with Crippen LogP contribution in [0.4, 0.5) is 0 Å². The van der Waals surface area contributed by atoms with E-state index in [1.54, 1.807) is 18.2 Å². The van der Waals surface area contributed by atoms with Crippen molar-refractivity contribution in [2.45, 2.75) is 57.4 Å². The van der Waals surface area contributed by atoms with E-state index in [-0.39, 0.29) is 27.7 Å². The highest BCUT2D eigenvalue weighted by molar-refractivity contribution is 7.89. The molecule has 0 unspecified atom stereocenters. The molecule has 1 aromatic heterocycles. The Hall–Kier alpha value is -3.46. The Bertz CT molecular complexity index is 1650. The first-order valence-corrected chi connectivity index (χ1v) is 14.6. The largest absolute Gasteiger partial charge is 0.424 e. The second-order valence-corrected chi connectivity index (χ2v) is 11.6. The quantitative estimate of drug-likeness (QED) is 0.141. The third-order valence-corrected chi connectivity index (χ3v) is 8.32. The van der Waals surface area contributed by atoms with Gasteiger partial charge in [0.05, 0.1) is 9.92 Å². The van der Waals surface area contributed by atoms with Gasteiger partial charge < -0.3 is 9.15 Å². The van der Waals surface area contributed by atoms with E-state index in [0.29, 0.717) is 23.8 Å². The number of esters is 1. The SMILES string of the molecule is CCCC[C@@H](NS(=O)(=O)c1ccc(C)cc1)C(=O)Oc1cc2oc(=O)c(Cc3ccccc3)c(C)c2cc1Cl. The van der Waals surface area contributed by atoms with Gasteiger partial charge in [0.2, 0.25) is 10.0 Å². The zero-order valence-electron chi connectivity index (χ0n) is 22.0. The molecule has 0 bridgehead atoms. The predicted molar refractivity (Wildman–Crippen MR) is 152 cm³/mol. The summed E-state index contributed by atoms with van der Waals surface area (Å²) in [6.07, 6.45) is 1.99. The van der Waals surface area contributed by atoms with Gasteiger partial charge in [-0.25, -0.2) is 18.0 Å². The van der Waals surface area contributed by atoms with E-state index in [1.165, 1.54) is 18.2 Å². The summed E-state index contributed by atoms with van der Waals surface area (Å²) >= 11 is 6.49. The number of unbranched alkanes of at least 4 members (excludes halogenated alkanes) is 1.